The summed E-state index contributed by atoms with van der Waals surface area (Å²) in [5.74, 6) is 0. The molecule has 1 aliphatic carbocycles. The molecule has 0 saturated carbocycles. The smallest absolute Gasteiger partial charge is 0.0356 e. The minimum atomic E-state index is 0.756. The Morgan fingerprint density at radius 3 is 1.76 bits per heavy atom. The van der Waals surface area contributed by atoms with Gasteiger partial charge in [0.2, 0.25) is 0 Å². The summed E-state index contributed by atoms with van der Waals surface area (Å²) < 4.78 is 0. The molecule has 0 radical (unpaired) electrons. The lowest BCUT2D eigenvalue weighted by Crippen LogP contribution is -2.08. The summed E-state index contributed by atoms with van der Waals surface area (Å²) in [6.45, 7) is 0. The predicted molar refractivity (Wildman–Crippen MR) is 90.0 cm³/mol. The zero-order chi connectivity index (χ0) is 14.8. The third-order valence-electron chi connectivity index (χ3n) is 3.81. The van der Waals surface area contributed by atoms with Crippen molar-refractivity contribution in [2.24, 2.45) is 5.73 Å². The SMILES string of the molecule is NC1=CCCC(c2ccc(N)cc2)=C1c1ccc(N)cc1. The van der Waals surface area contributed by atoms with E-state index in [2.05, 4.69) is 18.2 Å². The molecule has 3 heteroatoms. The molecule has 0 aromatic heterocycles. The molecule has 0 saturated heterocycles. The fourth-order valence-electron chi connectivity index (χ4n) is 2.74. The summed E-state index contributed by atoms with van der Waals surface area (Å²) >= 11 is 0. The van der Waals surface area contributed by atoms with Crippen LogP contribution in [-0.4, -0.2) is 0 Å². The van der Waals surface area contributed by atoms with Gasteiger partial charge in [0.05, 0.1) is 0 Å². The Kier molecular flexibility index (Phi) is 3.40. The first-order chi connectivity index (χ1) is 10.1. The molecule has 0 heterocycles. The van der Waals surface area contributed by atoms with E-state index >= 15 is 0 Å². The second-order valence-electron chi connectivity index (χ2n) is 5.30. The number of rotatable bonds is 2. The lowest BCUT2D eigenvalue weighted by molar-refractivity contribution is 1.03. The van der Waals surface area contributed by atoms with E-state index in [0.29, 0.717) is 0 Å². The van der Waals surface area contributed by atoms with Crippen molar-refractivity contribution in [3.05, 3.63) is 71.4 Å². The monoisotopic (exact) mass is 277 g/mol. The zero-order valence-electron chi connectivity index (χ0n) is 11.8. The van der Waals surface area contributed by atoms with Gasteiger partial charge in [0.25, 0.3) is 0 Å². The van der Waals surface area contributed by atoms with Gasteiger partial charge in [-0.25, -0.2) is 0 Å². The number of allylic oxidation sites excluding steroid dienone is 3. The van der Waals surface area contributed by atoms with Gasteiger partial charge in [0.1, 0.15) is 0 Å². The van der Waals surface area contributed by atoms with Gasteiger partial charge in [-0.2, -0.15) is 0 Å². The highest BCUT2D eigenvalue weighted by Gasteiger charge is 2.17. The molecule has 0 spiro atoms. The number of hydrogen-bond donors (Lipinski definition) is 3. The zero-order valence-corrected chi connectivity index (χ0v) is 11.8. The van der Waals surface area contributed by atoms with Gasteiger partial charge in [-0.05, 0) is 53.8 Å². The molecule has 0 fully saturated rings. The molecule has 2 aromatic rings. The van der Waals surface area contributed by atoms with Crippen molar-refractivity contribution < 1.29 is 0 Å². The Hall–Kier alpha value is -2.68. The van der Waals surface area contributed by atoms with Gasteiger partial charge < -0.3 is 17.2 Å². The Balaban J connectivity index is 2.15. The van der Waals surface area contributed by atoms with Crippen molar-refractivity contribution >= 4 is 22.5 Å². The number of benzene rings is 2. The molecule has 21 heavy (non-hydrogen) atoms. The molecular formula is C18H19N3. The average Bonchev–Trinajstić information content (AvgIpc) is 2.49. The van der Waals surface area contributed by atoms with Crippen LogP contribution in [0.4, 0.5) is 11.4 Å². The summed E-state index contributed by atoms with van der Waals surface area (Å²) in [6, 6.07) is 15.8. The lowest BCUT2D eigenvalue weighted by atomic mass is 9.86. The van der Waals surface area contributed by atoms with E-state index in [-0.39, 0.29) is 0 Å². The largest absolute Gasteiger partial charge is 0.399 e. The Bertz CT molecular complexity index is 707. The molecule has 2 aromatic carbocycles. The fraction of sp³-hybridized carbons (Fsp3) is 0.111. The molecule has 106 valence electrons. The summed E-state index contributed by atoms with van der Waals surface area (Å²) in [5, 5.41) is 0. The summed E-state index contributed by atoms with van der Waals surface area (Å²) in [5.41, 5.74) is 24.8. The van der Waals surface area contributed by atoms with Crippen molar-refractivity contribution in [1.82, 2.24) is 0 Å². The third kappa shape index (κ3) is 2.63. The second-order valence-corrected chi connectivity index (χ2v) is 5.30. The Morgan fingerprint density at radius 1 is 0.667 bits per heavy atom. The van der Waals surface area contributed by atoms with Crippen LogP contribution in [0.25, 0.3) is 11.1 Å². The van der Waals surface area contributed by atoms with E-state index in [9.17, 15) is 0 Å². The van der Waals surface area contributed by atoms with E-state index < -0.39 is 0 Å². The van der Waals surface area contributed by atoms with Crippen LogP contribution in [0.5, 0.6) is 0 Å². The molecular weight excluding hydrogens is 258 g/mol. The molecule has 0 bridgehead atoms. The third-order valence-corrected chi connectivity index (χ3v) is 3.81. The molecule has 1 aliphatic rings. The standard InChI is InChI=1S/C18H19N3/c19-14-8-4-12(5-9-14)16-2-1-3-17(21)18(16)13-6-10-15(20)11-7-13/h3-11H,1-2,19-21H2. The van der Waals surface area contributed by atoms with Crippen LogP contribution >= 0.6 is 0 Å². The van der Waals surface area contributed by atoms with Gasteiger partial charge >= 0.3 is 0 Å². The Morgan fingerprint density at radius 2 is 1.19 bits per heavy atom. The van der Waals surface area contributed by atoms with Crippen molar-refractivity contribution in [2.45, 2.75) is 12.8 Å². The van der Waals surface area contributed by atoms with Crippen LogP contribution < -0.4 is 17.2 Å². The van der Waals surface area contributed by atoms with Crippen LogP contribution in [0.1, 0.15) is 24.0 Å². The molecule has 3 rings (SSSR count). The van der Waals surface area contributed by atoms with Crippen molar-refractivity contribution in [2.75, 3.05) is 11.5 Å². The van der Waals surface area contributed by atoms with Crippen LogP contribution in [-0.2, 0) is 0 Å². The normalized spacial score (nSPS) is 15.0. The van der Waals surface area contributed by atoms with Gasteiger partial charge in [-0.3, -0.25) is 0 Å². The van der Waals surface area contributed by atoms with Gasteiger partial charge in [0.15, 0.2) is 0 Å². The number of anilines is 2. The van der Waals surface area contributed by atoms with E-state index in [1.807, 2.05) is 36.4 Å². The molecule has 0 amide bonds. The second kappa shape index (κ2) is 5.37. The minimum absolute atomic E-state index is 0.756. The van der Waals surface area contributed by atoms with Gasteiger partial charge in [-0.1, -0.05) is 30.3 Å². The van der Waals surface area contributed by atoms with Crippen molar-refractivity contribution in [3.63, 3.8) is 0 Å². The number of hydrogen-bond acceptors (Lipinski definition) is 3. The van der Waals surface area contributed by atoms with Gasteiger partial charge in [-0.15, -0.1) is 0 Å². The summed E-state index contributed by atoms with van der Waals surface area (Å²) in [6.07, 6.45) is 4.03. The first kappa shape index (κ1) is 13.3. The van der Waals surface area contributed by atoms with Crippen molar-refractivity contribution in [1.29, 1.82) is 0 Å². The molecule has 0 unspecified atom stereocenters. The van der Waals surface area contributed by atoms with E-state index in [1.165, 1.54) is 11.1 Å². The van der Waals surface area contributed by atoms with E-state index in [1.54, 1.807) is 0 Å². The minimum Gasteiger partial charge on any atom is -0.399 e. The van der Waals surface area contributed by atoms with Crippen LogP contribution in [0.3, 0.4) is 0 Å². The maximum atomic E-state index is 6.25. The number of nitrogen functional groups attached to an aromatic ring is 2. The molecule has 3 nitrogen and oxygen atoms in total. The molecule has 0 aliphatic heterocycles. The fourth-order valence-corrected chi connectivity index (χ4v) is 2.74. The first-order valence-electron chi connectivity index (χ1n) is 7.06. The molecule has 0 atom stereocenters. The maximum absolute atomic E-state index is 6.25. The maximum Gasteiger partial charge on any atom is 0.0356 e. The van der Waals surface area contributed by atoms with E-state index in [0.717, 1.165) is 41.1 Å². The van der Waals surface area contributed by atoms with Crippen molar-refractivity contribution in [3.8, 4) is 0 Å². The predicted octanol–water partition coefficient (Wildman–Crippen LogP) is 3.40. The van der Waals surface area contributed by atoms with Crippen LogP contribution in [0, 0.1) is 0 Å². The summed E-state index contributed by atoms with van der Waals surface area (Å²) in [4.78, 5) is 0. The first-order valence-corrected chi connectivity index (χ1v) is 7.06. The van der Waals surface area contributed by atoms with E-state index in [4.69, 9.17) is 17.2 Å². The topological polar surface area (TPSA) is 78.1 Å². The average molecular weight is 277 g/mol. The lowest BCUT2D eigenvalue weighted by Gasteiger charge is -2.21. The van der Waals surface area contributed by atoms with Crippen LogP contribution in [0.2, 0.25) is 0 Å². The molecule has 6 N–H and O–H groups in total. The highest BCUT2D eigenvalue weighted by molar-refractivity contribution is 5.99. The van der Waals surface area contributed by atoms with Crippen LogP contribution in [0.15, 0.2) is 60.3 Å². The summed E-state index contributed by atoms with van der Waals surface area (Å²) in [7, 11) is 0. The highest BCUT2D eigenvalue weighted by Crippen LogP contribution is 2.37. The van der Waals surface area contributed by atoms with Gasteiger partial charge in [0, 0.05) is 22.6 Å². The quantitative estimate of drug-likeness (QED) is 0.736. The number of nitrogens with two attached hydrogens (primary N) is 3. The highest BCUT2D eigenvalue weighted by atomic mass is 14.6. The Labute approximate surface area is 124 Å².